The summed E-state index contributed by atoms with van der Waals surface area (Å²) in [5.74, 6) is 0. The molecule has 0 aliphatic rings. The molecule has 0 aromatic carbocycles. The highest BCUT2D eigenvalue weighted by atomic mass is 32.1. The van der Waals surface area contributed by atoms with E-state index in [4.69, 9.17) is 14.5 Å². The lowest BCUT2D eigenvalue weighted by atomic mass is 9.93. The molecule has 0 amide bonds. The Morgan fingerprint density at radius 2 is 2.11 bits per heavy atom. The van der Waals surface area contributed by atoms with Crippen molar-refractivity contribution in [2.24, 2.45) is 0 Å². The van der Waals surface area contributed by atoms with Gasteiger partial charge >= 0.3 is 0 Å². The third kappa shape index (κ3) is 5.99. The first-order valence-corrected chi connectivity index (χ1v) is 7.54. The van der Waals surface area contributed by atoms with Crippen molar-refractivity contribution in [2.75, 3.05) is 34.0 Å². The van der Waals surface area contributed by atoms with Crippen LogP contribution in [0.3, 0.4) is 0 Å². The number of nitrogens with one attached hydrogen (secondary N) is 1. The molecular weight excluding hydrogens is 260 g/mol. The Labute approximate surface area is 120 Å². The molecule has 0 radical (unpaired) electrons. The molecule has 0 saturated carbocycles. The van der Waals surface area contributed by atoms with Crippen molar-refractivity contribution in [2.45, 2.75) is 38.6 Å². The number of thiazole rings is 1. The lowest BCUT2D eigenvalue weighted by Crippen LogP contribution is -2.33. The van der Waals surface area contributed by atoms with Crippen molar-refractivity contribution in [3.8, 4) is 0 Å². The van der Waals surface area contributed by atoms with Crippen molar-refractivity contribution in [1.82, 2.24) is 10.3 Å². The van der Waals surface area contributed by atoms with Gasteiger partial charge in [0.25, 0.3) is 0 Å². The number of likely N-dealkylation sites (N-methyl/N-ethyl adjacent to an activating group) is 1. The van der Waals surface area contributed by atoms with E-state index in [2.05, 4.69) is 31.5 Å². The predicted octanol–water partition coefficient (Wildman–Crippen LogP) is 2.23. The van der Waals surface area contributed by atoms with Crippen molar-refractivity contribution in [1.29, 1.82) is 0 Å². The second-order valence-electron chi connectivity index (χ2n) is 5.63. The molecule has 0 aliphatic carbocycles. The summed E-state index contributed by atoms with van der Waals surface area (Å²) in [5.41, 5.74) is 1.29. The predicted molar refractivity (Wildman–Crippen MR) is 80.1 cm³/mol. The molecule has 1 N–H and O–H groups in total. The highest BCUT2D eigenvalue weighted by Gasteiger charge is 2.18. The maximum absolute atomic E-state index is 5.56. The summed E-state index contributed by atoms with van der Waals surface area (Å²) in [6.45, 7) is 8.53. The average Bonchev–Trinajstić information content (AvgIpc) is 2.81. The summed E-state index contributed by atoms with van der Waals surface area (Å²) >= 11 is 1.73. The monoisotopic (exact) mass is 286 g/mol. The van der Waals surface area contributed by atoms with E-state index in [1.807, 2.05) is 7.05 Å². The number of rotatable bonds is 8. The van der Waals surface area contributed by atoms with E-state index in [0.29, 0.717) is 25.9 Å². The van der Waals surface area contributed by atoms with Gasteiger partial charge in [0.15, 0.2) is 0 Å². The van der Waals surface area contributed by atoms with Gasteiger partial charge in [-0.15, -0.1) is 11.3 Å². The molecule has 1 rings (SSSR count). The second-order valence-corrected chi connectivity index (χ2v) is 6.58. The van der Waals surface area contributed by atoms with Gasteiger partial charge in [-0.2, -0.15) is 0 Å². The van der Waals surface area contributed by atoms with Gasteiger partial charge < -0.3 is 14.8 Å². The molecule has 4 nitrogen and oxygen atoms in total. The van der Waals surface area contributed by atoms with Gasteiger partial charge in [-0.1, -0.05) is 20.8 Å². The number of ether oxygens (including phenoxy) is 2. The van der Waals surface area contributed by atoms with Crippen LogP contribution in [0, 0.1) is 0 Å². The van der Waals surface area contributed by atoms with Crippen LogP contribution in [0.1, 0.15) is 31.5 Å². The minimum Gasteiger partial charge on any atom is -0.382 e. The Bertz CT molecular complexity index is 361. The first kappa shape index (κ1) is 16.6. The standard InChI is InChI=1S/C14H26N2O2S/c1-14(2,3)12-10-19-13(16-12)8-11(15-4)9-18-7-6-17-5/h10-11,15H,6-9H2,1-5H3. The first-order valence-electron chi connectivity index (χ1n) is 6.66. The highest BCUT2D eigenvalue weighted by Crippen LogP contribution is 2.24. The Balaban J connectivity index is 2.45. The van der Waals surface area contributed by atoms with Crippen LogP contribution in [0.5, 0.6) is 0 Å². The molecule has 0 spiro atoms. The van der Waals surface area contributed by atoms with E-state index < -0.39 is 0 Å². The highest BCUT2D eigenvalue weighted by molar-refractivity contribution is 7.09. The summed E-state index contributed by atoms with van der Waals surface area (Å²) in [6, 6.07) is 0.302. The van der Waals surface area contributed by atoms with Crippen molar-refractivity contribution >= 4 is 11.3 Å². The normalized spacial score (nSPS) is 13.7. The topological polar surface area (TPSA) is 43.4 Å². The van der Waals surface area contributed by atoms with Gasteiger partial charge in [0.2, 0.25) is 0 Å². The molecule has 19 heavy (non-hydrogen) atoms. The molecule has 1 heterocycles. The molecule has 0 fully saturated rings. The lowest BCUT2D eigenvalue weighted by Gasteiger charge is -2.16. The van der Waals surface area contributed by atoms with Gasteiger partial charge in [-0.25, -0.2) is 4.98 Å². The van der Waals surface area contributed by atoms with Gasteiger partial charge in [0, 0.05) is 30.4 Å². The van der Waals surface area contributed by atoms with Crippen LogP contribution in [0.15, 0.2) is 5.38 Å². The number of aromatic nitrogens is 1. The summed E-state index contributed by atoms with van der Waals surface area (Å²) < 4.78 is 10.5. The molecule has 0 bridgehead atoms. The second kappa shape index (κ2) is 7.94. The number of hydrogen-bond acceptors (Lipinski definition) is 5. The third-order valence-electron chi connectivity index (χ3n) is 2.90. The maximum atomic E-state index is 5.56. The number of nitrogens with zero attached hydrogens (tertiary/aromatic N) is 1. The molecule has 110 valence electrons. The SMILES string of the molecule is CNC(COCCOC)Cc1nc(C(C)(C)C)cs1. The van der Waals surface area contributed by atoms with Crippen LogP contribution in [0.4, 0.5) is 0 Å². The van der Waals surface area contributed by atoms with Crippen LogP contribution in [-0.2, 0) is 21.3 Å². The quantitative estimate of drug-likeness (QED) is 0.744. The van der Waals surface area contributed by atoms with Crippen LogP contribution in [0.2, 0.25) is 0 Å². The van der Waals surface area contributed by atoms with E-state index in [1.165, 1.54) is 10.7 Å². The minimum absolute atomic E-state index is 0.124. The van der Waals surface area contributed by atoms with Crippen molar-refractivity contribution in [3.63, 3.8) is 0 Å². The molecule has 1 aromatic heterocycles. The van der Waals surface area contributed by atoms with Gasteiger partial charge in [0.1, 0.15) is 0 Å². The fourth-order valence-corrected chi connectivity index (χ4v) is 2.67. The zero-order valence-corrected chi connectivity index (χ0v) is 13.5. The van der Waals surface area contributed by atoms with E-state index in [0.717, 1.165) is 6.42 Å². The van der Waals surface area contributed by atoms with E-state index in [-0.39, 0.29) is 5.41 Å². The van der Waals surface area contributed by atoms with Gasteiger partial charge in [0.05, 0.1) is 30.5 Å². The van der Waals surface area contributed by atoms with Crippen LogP contribution >= 0.6 is 11.3 Å². The van der Waals surface area contributed by atoms with Crippen molar-refractivity contribution < 1.29 is 9.47 Å². The summed E-state index contributed by atoms with van der Waals surface area (Å²) in [6.07, 6.45) is 0.907. The molecule has 0 saturated heterocycles. The van der Waals surface area contributed by atoms with Crippen LogP contribution in [0.25, 0.3) is 0 Å². The Morgan fingerprint density at radius 3 is 2.63 bits per heavy atom. The molecule has 1 unspecified atom stereocenters. The fraction of sp³-hybridized carbons (Fsp3) is 0.786. The lowest BCUT2D eigenvalue weighted by molar-refractivity contribution is 0.0597. The third-order valence-corrected chi connectivity index (χ3v) is 3.77. The molecule has 1 atom stereocenters. The largest absolute Gasteiger partial charge is 0.382 e. The van der Waals surface area contributed by atoms with Gasteiger partial charge in [-0.05, 0) is 7.05 Å². The Morgan fingerprint density at radius 1 is 1.37 bits per heavy atom. The summed E-state index contributed by atoms with van der Waals surface area (Å²) in [5, 5.41) is 6.60. The Kier molecular flexibility index (Phi) is 6.93. The average molecular weight is 286 g/mol. The maximum Gasteiger partial charge on any atom is 0.0944 e. The molecule has 1 aromatic rings. The molecule has 0 aliphatic heterocycles. The Hall–Kier alpha value is -0.490. The van der Waals surface area contributed by atoms with Gasteiger partial charge in [-0.3, -0.25) is 0 Å². The smallest absolute Gasteiger partial charge is 0.0944 e. The molecule has 5 heteroatoms. The van der Waals surface area contributed by atoms with Crippen molar-refractivity contribution in [3.05, 3.63) is 16.1 Å². The zero-order valence-electron chi connectivity index (χ0n) is 12.7. The number of methoxy groups -OCH3 is 1. The summed E-state index contributed by atoms with van der Waals surface area (Å²) in [7, 11) is 3.64. The number of hydrogen-bond donors (Lipinski definition) is 1. The fourth-order valence-electron chi connectivity index (χ4n) is 1.57. The minimum atomic E-state index is 0.124. The first-order chi connectivity index (χ1) is 8.97. The summed E-state index contributed by atoms with van der Waals surface area (Å²) in [4.78, 5) is 4.71. The zero-order chi connectivity index (χ0) is 14.3. The van der Waals surface area contributed by atoms with Crippen LogP contribution in [-0.4, -0.2) is 45.0 Å². The van der Waals surface area contributed by atoms with E-state index in [1.54, 1.807) is 18.4 Å². The van der Waals surface area contributed by atoms with Crippen LogP contribution < -0.4 is 5.32 Å². The van der Waals surface area contributed by atoms with E-state index in [9.17, 15) is 0 Å². The molecular formula is C14H26N2O2S. The van der Waals surface area contributed by atoms with E-state index >= 15 is 0 Å².